The van der Waals surface area contributed by atoms with Crippen molar-refractivity contribution >= 4 is 28.2 Å². The molecule has 2 amide bonds. The van der Waals surface area contributed by atoms with Crippen molar-refractivity contribution < 1.29 is 14.0 Å². The highest BCUT2D eigenvalue weighted by Crippen LogP contribution is 2.38. The first-order valence-electron chi connectivity index (χ1n) is 8.93. The molecule has 7 nitrogen and oxygen atoms in total. The normalized spacial score (nSPS) is 13.0. The Bertz CT molecular complexity index is 1120. The molecule has 0 atom stereocenters. The second kappa shape index (κ2) is 7.02. The van der Waals surface area contributed by atoms with Gasteiger partial charge in [0, 0.05) is 17.3 Å². The molecule has 1 aliphatic rings. The Balaban J connectivity index is 1.74. The van der Waals surface area contributed by atoms with Crippen LogP contribution in [0, 0.1) is 18.3 Å². The summed E-state index contributed by atoms with van der Waals surface area (Å²) in [7, 11) is 0. The van der Waals surface area contributed by atoms with Crippen molar-refractivity contribution in [2.45, 2.75) is 32.6 Å². The van der Waals surface area contributed by atoms with E-state index in [0.717, 1.165) is 36.1 Å². The van der Waals surface area contributed by atoms with E-state index in [1.165, 1.54) is 11.3 Å². The van der Waals surface area contributed by atoms with E-state index in [0.29, 0.717) is 16.3 Å². The van der Waals surface area contributed by atoms with Gasteiger partial charge in [0.15, 0.2) is 0 Å². The van der Waals surface area contributed by atoms with Crippen LogP contribution in [0.5, 0.6) is 0 Å². The molecule has 3 aromatic heterocycles. The summed E-state index contributed by atoms with van der Waals surface area (Å²) in [4.78, 5) is 26.1. The molecule has 0 fully saturated rings. The summed E-state index contributed by atoms with van der Waals surface area (Å²) in [6.45, 7) is 1.64. The van der Waals surface area contributed by atoms with Crippen LogP contribution in [0.2, 0.25) is 0 Å². The molecule has 1 aliphatic carbocycles. The molecular weight excluding hydrogens is 376 g/mol. The van der Waals surface area contributed by atoms with Crippen molar-refractivity contribution in [3.63, 3.8) is 0 Å². The van der Waals surface area contributed by atoms with Crippen LogP contribution in [0.1, 0.15) is 55.3 Å². The van der Waals surface area contributed by atoms with Gasteiger partial charge in [0.05, 0.1) is 5.56 Å². The molecule has 0 aromatic carbocycles. The number of carbonyl (C=O) groups is 2. The lowest BCUT2D eigenvalue weighted by Gasteiger charge is -2.11. The molecule has 0 saturated carbocycles. The molecule has 0 spiro atoms. The summed E-state index contributed by atoms with van der Waals surface area (Å²) < 4.78 is 7.33. The molecule has 28 heavy (non-hydrogen) atoms. The SMILES string of the molecule is Cc1oc(-n2cccc2)c(C#N)c1C(=O)Nc1sc2c(c1C(N)=O)CCCC2. The summed E-state index contributed by atoms with van der Waals surface area (Å²) in [5.74, 6) is -0.417. The Labute approximate surface area is 165 Å². The van der Waals surface area contributed by atoms with Gasteiger partial charge < -0.3 is 15.5 Å². The number of hydrogen-bond acceptors (Lipinski definition) is 5. The van der Waals surface area contributed by atoms with Crippen molar-refractivity contribution in [3.8, 4) is 12.0 Å². The standard InChI is InChI=1S/C20H18N4O3S/c1-11-15(13(10-21)20(27-11)24-8-4-5-9-24)18(26)23-19-16(17(22)25)12-6-2-3-7-14(12)28-19/h4-5,8-9H,2-3,6-7H2,1H3,(H2,22,25)(H,23,26). The minimum atomic E-state index is -0.549. The maximum atomic E-state index is 13.0. The summed E-state index contributed by atoms with van der Waals surface area (Å²) in [6, 6.07) is 5.66. The quantitative estimate of drug-likeness (QED) is 0.704. The van der Waals surface area contributed by atoms with Crippen LogP contribution in [-0.2, 0) is 12.8 Å². The minimum Gasteiger partial charge on any atom is -0.443 e. The number of nitrogens with zero attached hydrogens (tertiary/aromatic N) is 2. The number of aromatic nitrogens is 1. The van der Waals surface area contributed by atoms with Crippen LogP contribution in [0.15, 0.2) is 28.9 Å². The van der Waals surface area contributed by atoms with Gasteiger partial charge in [-0.1, -0.05) is 0 Å². The fourth-order valence-corrected chi connectivity index (χ4v) is 4.93. The summed E-state index contributed by atoms with van der Waals surface area (Å²) in [5.41, 5.74) is 7.23. The number of fused-ring (bicyclic) bond motifs is 1. The molecule has 0 bridgehead atoms. The number of aryl methyl sites for hydroxylation is 2. The van der Waals surface area contributed by atoms with E-state index in [-0.39, 0.29) is 17.0 Å². The van der Waals surface area contributed by atoms with Gasteiger partial charge in [-0.3, -0.25) is 14.2 Å². The number of hydrogen-bond donors (Lipinski definition) is 2. The van der Waals surface area contributed by atoms with Crippen LogP contribution in [0.3, 0.4) is 0 Å². The highest BCUT2D eigenvalue weighted by atomic mass is 32.1. The smallest absolute Gasteiger partial charge is 0.261 e. The summed E-state index contributed by atoms with van der Waals surface area (Å²) in [6.07, 6.45) is 7.18. The van der Waals surface area contributed by atoms with Crippen LogP contribution in [0.25, 0.3) is 5.88 Å². The third-order valence-corrected chi connectivity index (χ3v) is 6.10. The van der Waals surface area contributed by atoms with Gasteiger partial charge in [-0.25, -0.2) is 0 Å². The van der Waals surface area contributed by atoms with E-state index in [1.54, 1.807) is 36.0 Å². The van der Waals surface area contributed by atoms with Gasteiger partial charge in [-0.15, -0.1) is 11.3 Å². The highest BCUT2D eigenvalue weighted by Gasteiger charge is 2.28. The zero-order chi connectivity index (χ0) is 19.8. The van der Waals surface area contributed by atoms with Gasteiger partial charge in [-0.05, 0) is 50.3 Å². The number of furan rings is 1. The number of rotatable bonds is 4. The maximum Gasteiger partial charge on any atom is 0.261 e. The average molecular weight is 394 g/mol. The third kappa shape index (κ3) is 2.90. The first kappa shape index (κ1) is 18.1. The fraction of sp³-hybridized carbons (Fsp3) is 0.250. The predicted octanol–water partition coefficient (Wildman–Crippen LogP) is 3.54. The van der Waals surface area contributed by atoms with Gasteiger partial charge in [0.25, 0.3) is 11.8 Å². The molecule has 4 rings (SSSR count). The number of primary amides is 1. The van der Waals surface area contributed by atoms with Crippen LogP contribution in [-0.4, -0.2) is 16.4 Å². The average Bonchev–Trinajstić information content (AvgIpc) is 3.37. The van der Waals surface area contributed by atoms with Crippen LogP contribution >= 0.6 is 11.3 Å². The first-order chi connectivity index (χ1) is 13.5. The minimum absolute atomic E-state index is 0.146. The Morgan fingerprint density at radius 1 is 1.25 bits per heavy atom. The van der Waals surface area contributed by atoms with E-state index in [1.807, 2.05) is 0 Å². The van der Waals surface area contributed by atoms with Crippen LogP contribution < -0.4 is 11.1 Å². The largest absolute Gasteiger partial charge is 0.443 e. The van der Waals surface area contributed by atoms with Crippen molar-refractivity contribution in [3.05, 3.63) is 57.4 Å². The highest BCUT2D eigenvalue weighted by molar-refractivity contribution is 7.17. The Morgan fingerprint density at radius 2 is 1.96 bits per heavy atom. The van der Waals surface area contributed by atoms with E-state index in [4.69, 9.17) is 10.2 Å². The third-order valence-electron chi connectivity index (χ3n) is 4.89. The first-order valence-corrected chi connectivity index (χ1v) is 9.75. The van der Waals surface area contributed by atoms with Crippen molar-refractivity contribution in [1.82, 2.24) is 4.57 Å². The molecule has 3 N–H and O–H groups in total. The molecule has 8 heteroatoms. The summed E-state index contributed by atoms with van der Waals surface area (Å²) >= 11 is 1.39. The van der Waals surface area contributed by atoms with Gasteiger partial charge in [0.2, 0.25) is 5.88 Å². The molecule has 142 valence electrons. The predicted molar refractivity (Wildman–Crippen MR) is 105 cm³/mol. The Morgan fingerprint density at radius 3 is 2.64 bits per heavy atom. The molecule has 3 aromatic rings. The lowest BCUT2D eigenvalue weighted by molar-refractivity contribution is 0.100. The molecule has 0 radical (unpaired) electrons. The molecule has 0 unspecified atom stereocenters. The number of nitrogens with one attached hydrogen (secondary N) is 1. The van der Waals surface area contributed by atoms with E-state index >= 15 is 0 Å². The molecular formula is C20H18N4O3S. The number of carbonyl (C=O) groups excluding carboxylic acids is 2. The zero-order valence-corrected chi connectivity index (χ0v) is 16.1. The van der Waals surface area contributed by atoms with E-state index < -0.39 is 11.8 Å². The lowest BCUT2D eigenvalue weighted by atomic mass is 9.95. The monoisotopic (exact) mass is 394 g/mol. The number of thiophene rings is 1. The number of anilines is 1. The Kier molecular flexibility index (Phi) is 4.53. The zero-order valence-electron chi connectivity index (χ0n) is 15.2. The molecule has 0 saturated heterocycles. The maximum absolute atomic E-state index is 13.0. The van der Waals surface area contributed by atoms with Crippen molar-refractivity contribution in [2.24, 2.45) is 5.73 Å². The molecule has 0 aliphatic heterocycles. The Hall–Kier alpha value is -3.31. The fourth-order valence-electron chi connectivity index (χ4n) is 3.64. The van der Waals surface area contributed by atoms with Crippen molar-refractivity contribution in [2.75, 3.05) is 5.32 Å². The van der Waals surface area contributed by atoms with Gasteiger partial charge in [0.1, 0.15) is 28.0 Å². The van der Waals surface area contributed by atoms with E-state index in [9.17, 15) is 14.9 Å². The lowest BCUT2D eigenvalue weighted by Crippen LogP contribution is -2.19. The van der Waals surface area contributed by atoms with Gasteiger partial charge in [-0.2, -0.15) is 5.26 Å². The van der Waals surface area contributed by atoms with Gasteiger partial charge >= 0.3 is 0 Å². The molecule has 3 heterocycles. The number of nitriles is 1. The number of nitrogens with two attached hydrogens (primary N) is 1. The topological polar surface area (TPSA) is 114 Å². The van der Waals surface area contributed by atoms with Crippen molar-refractivity contribution in [1.29, 1.82) is 5.26 Å². The van der Waals surface area contributed by atoms with E-state index in [2.05, 4.69) is 11.4 Å². The number of amides is 2. The second-order valence-corrected chi connectivity index (χ2v) is 7.75. The summed E-state index contributed by atoms with van der Waals surface area (Å²) in [5, 5.41) is 12.9. The van der Waals surface area contributed by atoms with Crippen LogP contribution in [0.4, 0.5) is 5.00 Å². The second-order valence-electron chi connectivity index (χ2n) is 6.65.